The molecule has 0 aliphatic carbocycles. The summed E-state index contributed by atoms with van der Waals surface area (Å²) in [5.41, 5.74) is 2.19. The number of aromatic amines is 1. The number of likely N-dealkylation sites (tertiary alicyclic amines) is 1. The number of carboxylic acids is 1. The number of rotatable bonds is 4. The molecule has 0 saturated carbocycles. The maximum atomic E-state index is 12.0. The second-order valence-electron chi connectivity index (χ2n) is 4.82. The fourth-order valence-corrected chi connectivity index (χ4v) is 2.39. The van der Waals surface area contributed by atoms with Crippen LogP contribution in [0.4, 0.5) is 5.69 Å². The van der Waals surface area contributed by atoms with Gasteiger partial charge in [0, 0.05) is 0 Å². The Bertz CT molecular complexity index is 478. The molecular weight excluding hydrogens is 248 g/mol. The maximum absolute atomic E-state index is 12.0. The number of nitrogens with zero attached hydrogens (tertiary/aromatic N) is 2. The van der Waals surface area contributed by atoms with E-state index < -0.39 is 12.0 Å². The van der Waals surface area contributed by atoms with E-state index in [9.17, 15) is 9.59 Å². The van der Waals surface area contributed by atoms with Crippen molar-refractivity contribution in [1.82, 2.24) is 15.1 Å². The highest BCUT2D eigenvalue weighted by Gasteiger charge is 2.31. The van der Waals surface area contributed by atoms with Crippen LogP contribution in [0.1, 0.15) is 24.2 Å². The number of anilines is 1. The fraction of sp³-hybridized carbons (Fsp3) is 0.583. The van der Waals surface area contributed by atoms with Gasteiger partial charge in [0.05, 0.1) is 23.6 Å². The molecule has 3 N–H and O–H groups in total. The largest absolute Gasteiger partial charge is 0.480 e. The molecule has 0 radical (unpaired) electrons. The second-order valence-corrected chi connectivity index (χ2v) is 4.82. The first kappa shape index (κ1) is 13.5. The van der Waals surface area contributed by atoms with Gasteiger partial charge < -0.3 is 10.4 Å². The van der Waals surface area contributed by atoms with Crippen LogP contribution >= 0.6 is 0 Å². The van der Waals surface area contributed by atoms with E-state index in [1.807, 2.05) is 6.92 Å². The Kier molecular flexibility index (Phi) is 3.84. The molecule has 1 amide bonds. The Labute approximate surface area is 111 Å². The lowest BCUT2D eigenvalue weighted by molar-refractivity contribution is -0.142. The lowest BCUT2D eigenvalue weighted by Crippen LogP contribution is -2.41. The monoisotopic (exact) mass is 266 g/mol. The van der Waals surface area contributed by atoms with Gasteiger partial charge in [-0.05, 0) is 33.2 Å². The molecule has 7 heteroatoms. The molecule has 1 saturated heterocycles. The highest BCUT2D eigenvalue weighted by Crippen LogP contribution is 2.19. The number of carbonyl (C=O) groups excluding carboxylic acids is 1. The Morgan fingerprint density at radius 2 is 2.26 bits per heavy atom. The quantitative estimate of drug-likeness (QED) is 0.737. The molecule has 0 bridgehead atoms. The minimum absolute atomic E-state index is 0.0982. The average molecular weight is 266 g/mol. The predicted molar refractivity (Wildman–Crippen MR) is 68.9 cm³/mol. The number of nitrogens with one attached hydrogen (secondary N) is 2. The van der Waals surface area contributed by atoms with Gasteiger partial charge in [0.15, 0.2) is 0 Å². The number of hydrogen-bond acceptors (Lipinski definition) is 4. The van der Waals surface area contributed by atoms with Gasteiger partial charge in [0.25, 0.3) is 0 Å². The number of carboxylic acid groups (broad SMARTS) is 1. The molecule has 2 heterocycles. The van der Waals surface area contributed by atoms with Crippen molar-refractivity contribution in [3.63, 3.8) is 0 Å². The third kappa shape index (κ3) is 2.93. The number of hydrogen-bond donors (Lipinski definition) is 3. The summed E-state index contributed by atoms with van der Waals surface area (Å²) in [6.07, 6.45) is 1.42. The normalized spacial score (nSPS) is 19.6. The molecule has 0 aromatic carbocycles. The summed E-state index contributed by atoms with van der Waals surface area (Å²) >= 11 is 0. The van der Waals surface area contributed by atoms with Crippen LogP contribution in [0.3, 0.4) is 0 Å². The average Bonchev–Trinajstić information content (AvgIpc) is 2.91. The zero-order valence-electron chi connectivity index (χ0n) is 11.1. The first-order valence-electron chi connectivity index (χ1n) is 6.27. The molecule has 1 aromatic heterocycles. The Hall–Kier alpha value is -1.89. The van der Waals surface area contributed by atoms with Gasteiger partial charge in [-0.15, -0.1) is 0 Å². The van der Waals surface area contributed by atoms with Crippen molar-refractivity contribution in [2.45, 2.75) is 32.7 Å². The van der Waals surface area contributed by atoms with Gasteiger partial charge in [-0.25, -0.2) is 0 Å². The molecule has 19 heavy (non-hydrogen) atoms. The summed E-state index contributed by atoms with van der Waals surface area (Å²) in [5, 5.41) is 18.6. The maximum Gasteiger partial charge on any atom is 0.320 e. The summed E-state index contributed by atoms with van der Waals surface area (Å²) < 4.78 is 0. The van der Waals surface area contributed by atoms with E-state index in [4.69, 9.17) is 5.11 Å². The molecule has 1 unspecified atom stereocenters. The predicted octanol–water partition coefficient (Wildman–Crippen LogP) is 0.514. The topological polar surface area (TPSA) is 98.3 Å². The number of amides is 1. The first-order valence-corrected chi connectivity index (χ1v) is 6.27. The van der Waals surface area contributed by atoms with Gasteiger partial charge in [0.2, 0.25) is 5.91 Å². The van der Waals surface area contributed by atoms with Gasteiger partial charge in [-0.1, -0.05) is 0 Å². The zero-order chi connectivity index (χ0) is 14.0. The Morgan fingerprint density at radius 1 is 1.53 bits per heavy atom. The number of H-pyrrole nitrogens is 1. The third-order valence-corrected chi connectivity index (χ3v) is 3.39. The molecular formula is C12H18N4O3. The molecule has 1 atom stereocenters. The van der Waals surface area contributed by atoms with E-state index >= 15 is 0 Å². The zero-order valence-corrected chi connectivity index (χ0v) is 11.1. The van der Waals surface area contributed by atoms with Crippen LogP contribution in [0.5, 0.6) is 0 Å². The molecule has 0 spiro atoms. The summed E-state index contributed by atoms with van der Waals surface area (Å²) in [6.45, 7) is 4.37. The van der Waals surface area contributed by atoms with Crippen molar-refractivity contribution in [3.05, 3.63) is 11.4 Å². The molecule has 104 valence electrons. The highest BCUT2D eigenvalue weighted by molar-refractivity contribution is 5.93. The molecule has 7 nitrogen and oxygen atoms in total. The third-order valence-electron chi connectivity index (χ3n) is 3.39. The second kappa shape index (κ2) is 5.40. The van der Waals surface area contributed by atoms with Crippen molar-refractivity contribution >= 4 is 17.6 Å². The highest BCUT2D eigenvalue weighted by atomic mass is 16.4. The minimum atomic E-state index is -0.860. The van der Waals surface area contributed by atoms with Crippen LogP contribution in [0, 0.1) is 13.8 Å². The smallest absolute Gasteiger partial charge is 0.320 e. The van der Waals surface area contributed by atoms with E-state index in [0.29, 0.717) is 18.7 Å². The summed E-state index contributed by atoms with van der Waals surface area (Å²) in [4.78, 5) is 24.7. The lowest BCUT2D eigenvalue weighted by atomic mass is 10.2. The van der Waals surface area contributed by atoms with Crippen LogP contribution in [0.25, 0.3) is 0 Å². The summed E-state index contributed by atoms with van der Waals surface area (Å²) in [7, 11) is 0. The van der Waals surface area contributed by atoms with E-state index in [1.54, 1.807) is 11.8 Å². The Balaban J connectivity index is 1.96. The van der Waals surface area contributed by atoms with Gasteiger partial charge in [-0.2, -0.15) is 5.10 Å². The fourth-order valence-electron chi connectivity index (χ4n) is 2.39. The molecule has 2 rings (SSSR count). The van der Waals surface area contributed by atoms with E-state index in [1.165, 1.54) is 0 Å². The van der Waals surface area contributed by atoms with E-state index in [-0.39, 0.29) is 12.5 Å². The Morgan fingerprint density at radius 3 is 2.84 bits per heavy atom. The van der Waals surface area contributed by atoms with Crippen molar-refractivity contribution in [3.8, 4) is 0 Å². The van der Waals surface area contributed by atoms with Crippen molar-refractivity contribution < 1.29 is 14.7 Å². The van der Waals surface area contributed by atoms with Crippen LogP contribution in [0.2, 0.25) is 0 Å². The number of aryl methyl sites for hydroxylation is 2. The van der Waals surface area contributed by atoms with Crippen LogP contribution in [-0.2, 0) is 9.59 Å². The van der Waals surface area contributed by atoms with Crippen LogP contribution < -0.4 is 5.32 Å². The van der Waals surface area contributed by atoms with Gasteiger partial charge in [0.1, 0.15) is 6.04 Å². The molecule has 1 aliphatic heterocycles. The van der Waals surface area contributed by atoms with Gasteiger partial charge >= 0.3 is 5.97 Å². The van der Waals surface area contributed by atoms with Crippen molar-refractivity contribution in [1.29, 1.82) is 0 Å². The van der Waals surface area contributed by atoms with E-state index in [2.05, 4.69) is 15.5 Å². The van der Waals surface area contributed by atoms with Crippen molar-refractivity contribution in [2.24, 2.45) is 0 Å². The standard InChI is InChI=1S/C12H18N4O3/c1-7-11(8(2)15-14-7)13-10(17)6-16-5-3-4-9(16)12(18)19/h9H,3-6H2,1-2H3,(H,13,17)(H,14,15)(H,18,19). The number of carbonyl (C=O) groups is 2. The molecule has 1 aliphatic rings. The number of aromatic nitrogens is 2. The van der Waals surface area contributed by atoms with E-state index in [0.717, 1.165) is 17.8 Å². The first-order chi connectivity index (χ1) is 8.99. The van der Waals surface area contributed by atoms with Gasteiger partial charge in [-0.3, -0.25) is 19.6 Å². The molecule has 1 aromatic rings. The minimum Gasteiger partial charge on any atom is -0.480 e. The van der Waals surface area contributed by atoms with Crippen LogP contribution in [-0.4, -0.2) is 51.2 Å². The lowest BCUT2D eigenvalue weighted by Gasteiger charge is -2.20. The molecule has 1 fully saturated rings. The number of aliphatic carboxylic acids is 1. The summed E-state index contributed by atoms with van der Waals surface area (Å²) in [5.74, 6) is -1.07. The SMILES string of the molecule is Cc1n[nH]c(C)c1NC(=O)CN1CCCC1C(=O)O. The summed E-state index contributed by atoms with van der Waals surface area (Å²) in [6, 6.07) is -0.544. The van der Waals surface area contributed by atoms with Crippen LogP contribution in [0.15, 0.2) is 0 Å². The van der Waals surface area contributed by atoms with Crippen molar-refractivity contribution in [2.75, 3.05) is 18.4 Å².